The van der Waals surface area contributed by atoms with E-state index >= 15 is 0 Å². The summed E-state index contributed by atoms with van der Waals surface area (Å²) >= 11 is 0. The predicted octanol–water partition coefficient (Wildman–Crippen LogP) is 2.24. The topological polar surface area (TPSA) is 55.1 Å². The van der Waals surface area contributed by atoms with Gasteiger partial charge in [-0.1, -0.05) is 18.2 Å². The quantitative estimate of drug-likeness (QED) is 0.740. The van der Waals surface area contributed by atoms with Crippen LogP contribution in [-0.2, 0) is 19.3 Å². The van der Waals surface area contributed by atoms with E-state index in [0.29, 0.717) is 0 Å². The smallest absolute Gasteiger partial charge is 0.316 e. The molecule has 3 nitrogen and oxygen atoms in total. The number of fused-ring (bicyclic) bond motifs is 2. The van der Waals surface area contributed by atoms with Gasteiger partial charge in [-0.05, 0) is 47.9 Å². The van der Waals surface area contributed by atoms with Crippen LogP contribution in [0.2, 0.25) is 0 Å². The zero-order chi connectivity index (χ0) is 11.1. The Kier molecular flexibility index (Phi) is 1.99. The van der Waals surface area contributed by atoms with Crippen molar-refractivity contribution >= 4 is 17.8 Å². The van der Waals surface area contributed by atoms with E-state index in [4.69, 9.17) is 5.73 Å². The molecule has 3 rings (SSSR count). The van der Waals surface area contributed by atoms with Crippen LogP contribution >= 0.6 is 0 Å². The van der Waals surface area contributed by atoms with Crippen molar-refractivity contribution in [2.45, 2.75) is 25.7 Å². The molecule has 2 amide bonds. The number of amides is 2. The lowest BCUT2D eigenvalue weighted by Gasteiger charge is -2.14. The number of anilines is 1. The lowest BCUT2D eigenvalue weighted by atomic mass is 9.98. The minimum absolute atomic E-state index is 0.464. The van der Waals surface area contributed by atoms with Gasteiger partial charge < -0.3 is 11.1 Å². The van der Waals surface area contributed by atoms with E-state index in [1.165, 1.54) is 28.7 Å². The molecular weight excluding hydrogens is 200 g/mol. The number of carbonyl (C=O) groups excluding carboxylic acids is 1. The number of urea groups is 1. The van der Waals surface area contributed by atoms with Crippen molar-refractivity contribution in [1.29, 1.82) is 0 Å². The molecule has 0 fully saturated rings. The zero-order valence-corrected chi connectivity index (χ0v) is 9.05. The van der Waals surface area contributed by atoms with Gasteiger partial charge >= 0.3 is 6.03 Å². The molecule has 0 saturated heterocycles. The fourth-order valence-corrected chi connectivity index (χ4v) is 2.76. The van der Waals surface area contributed by atoms with Gasteiger partial charge in [0, 0.05) is 5.69 Å². The van der Waals surface area contributed by atoms with Gasteiger partial charge in [0.2, 0.25) is 0 Å². The van der Waals surface area contributed by atoms with Crippen molar-refractivity contribution in [1.82, 2.24) is 0 Å². The lowest BCUT2D eigenvalue weighted by Crippen LogP contribution is -2.21. The molecule has 0 saturated carbocycles. The third-order valence-electron chi connectivity index (χ3n) is 3.41. The molecule has 0 aromatic heterocycles. The highest BCUT2D eigenvalue weighted by Gasteiger charge is 2.22. The van der Waals surface area contributed by atoms with Crippen molar-refractivity contribution in [3.63, 3.8) is 0 Å². The van der Waals surface area contributed by atoms with Crippen LogP contribution in [0.4, 0.5) is 10.5 Å². The summed E-state index contributed by atoms with van der Waals surface area (Å²) in [6.45, 7) is 0. The average Bonchev–Trinajstić information content (AvgIpc) is 2.83. The van der Waals surface area contributed by atoms with Gasteiger partial charge in [0.25, 0.3) is 0 Å². The van der Waals surface area contributed by atoms with Crippen molar-refractivity contribution < 1.29 is 4.79 Å². The molecule has 3 N–H and O–H groups in total. The zero-order valence-electron chi connectivity index (χ0n) is 9.05. The van der Waals surface area contributed by atoms with E-state index in [-0.39, 0.29) is 0 Å². The van der Waals surface area contributed by atoms with Gasteiger partial charge in [-0.2, -0.15) is 0 Å². The van der Waals surface area contributed by atoms with Crippen LogP contribution < -0.4 is 11.1 Å². The minimum atomic E-state index is -0.464. The summed E-state index contributed by atoms with van der Waals surface area (Å²) in [5, 5.41) is 2.80. The Hall–Kier alpha value is -1.77. The highest BCUT2D eigenvalue weighted by molar-refractivity contribution is 5.92. The molecule has 0 bridgehead atoms. The normalized spacial score (nSPS) is 16.0. The minimum Gasteiger partial charge on any atom is -0.351 e. The molecule has 16 heavy (non-hydrogen) atoms. The number of allylic oxidation sites excluding steroid dienone is 1. The molecule has 0 spiro atoms. The number of hydrogen-bond acceptors (Lipinski definition) is 1. The number of nitrogens with two attached hydrogens (primary N) is 1. The summed E-state index contributed by atoms with van der Waals surface area (Å²) in [6.07, 6.45) is 8.50. The van der Waals surface area contributed by atoms with Crippen LogP contribution in [0.15, 0.2) is 12.1 Å². The number of hydrogen-bond donors (Lipinski definition) is 2. The first-order valence-corrected chi connectivity index (χ1v) is 5.66. The van der Waals surface area contributed by atoms with Crippen LogP contribution in [0, 0.1) is 0 Å². The Morgan fingerprint density at radius 1 is 1.31 bits per heavy atom. The fraction of sp³-hybridized carbons (Fsp3) is 0.308. The maximum Gasteiger partial charge on any atom is 0.316 e. The summed E-state index contributed by atoms with van der Waals surface area (Å²) in [7, 11) is 0. The molecule has 82 valence electrons. The summed E-state index contributed by atoms with van der Waals surface area (Å²) in [5.74, 6) is 0. The Bertz CT molecular complexity index is 499. The maximum absolute atomic E-state index is 11.1. The number of benzene rings is 1. The first-order valence-electron chi connectivity index (χ1n) is 5.66. The van der Waals surface area contributed by atoms with Crippen LogP contribution in [0.1, 0.15) is 28.7 Å². The van der Waals surface area contributed by atoms with E-state index in [2.05, 4.69) is 23.5 Å². The first kappa shape index (κ1) is 9.46. The highest BCUT2D eigenvalue weighted by atomic mass is 16.2. The molecule has 1 aromatic rings. The molecule has 3 heteroatoms. The second-order valence-electron chi connectivity index (χ2n) is 4.41. The molecule has 0 unspecified atom stereocenters. The monoisotopic (exact) mass is 214 g/mol. The van der Waals surface area contributed by atoms with Gasteiger partial charge in [0.1, 0.15) is 0 Å². The second kappa shape index (κ2) is 3.37. The third-order valence-corrected chi connectivity index (χ3v) is 3.41. The van der Waals surface area contributed by atoms with Gasteiger partial charge in [0.15, 0.2) is 0 Å². The van der Waals surface area contributed by atoms with E-state index in [9.17, 15) is 4.79 Å². The summed E-state index contributed by atoms with van der Waals surface area (Å²) < 4.78 is 0. The van der Waals surface area contributed by atoms with Crippen molar-refractivity contribution in [2.24, 2.45) is 5.73 Å². The van der Waals surface area contributed by atoms with Crippen LogP contribution in [-0.4, -0.2) is 6.03 Å². The van der Waals surface area contributed by atoms with Crippen LogP contribution in [0.25, 0.3) is 6.08 Å². The molecule has 1 aromatic carbocycles. The third kappa shape index (κ3) is 1.32. The lowest BCUT2D eigenvalue weighted by molar-refractivity contribution is 0.259. The molecular formula is C13H14N2O. The number of carbonyl (C=O) groups is 1. The molecule has 0 radical (unpaired) electrons. The van der Waals surface area contributed by atoms with E-state index in [1.807, 2.05) is 0 Å². The van der Waals surface area contributed by atoms with Crippen molar-refractivity contribution in [2.75, 3.05) is 5.32 Å². The van der Waals surface area contributed by atoms with E-state index in [1.54, 1.807) is 0 Å². The molecule has 2 aliphatic rings. The molecule has 0 heterocycles. The van der Waals surface area contributed by atoms with E-state index in [0.717, 1.165) is 24.9 Å². The summed E-state index contributed by atoms with van der Waals surface area (Å²) in [5.41, 5.74) is 11.3. The largest absolute Gasteiger partial charge is 0.351 e. The average molecular weight is 214 g/mol. The number of nitrogens with one attached hydrogen (secondary N) is 1. The van der Waals surface area contributed by atoms with E-state index < -0.39 is 6.03 Å². The SMILES string of the molecule is NC(=O)Nc1c2c(cc3c1CCC3)C=CC2. The number of primary amides is 1. The standard InChI is InChI=1S/C13H14N2O/c14-13(16)15-12-10-5-1-3-8(10)7-9-4-2-6-11(9)12/h1,3,7H,2,4-6H2,(H3,14,15,16). The summed E-state index contributed by atoms with van der Waals surface area (Å²) in [6, 6.07) is 1.79. The summed E-state index contributed by atoms with van der Waals surface area (Å²) in [4.78, 5) is 11.1. The van der Waals surface area contributed by atoms with Gasteiger partial charge in [-0.15, -0.1) is 0 Å². The molecule has 2 aliphatic carbocycles. The van der Waals surface area contributed by atoms with Crippen LogP contribution in [0.5, 0.6) is 0 Å². The fourth-order valence-electron chi connectivity index (χ4n) is 2.76. The van der Waals surface area contributed by atoms with Gasteiger partial charge in [-0.25, -0.2) is 4.79 Å². The Labute approximate surface area is 94.3 Å². The molecule has 0 aliphatic heterocycles. The van der Waals surface area contributed by atoms with Gasteiger partial charge in [-0.3, -0.25) is 0 Å². The Morgan fingerprint density at radius 2 is 2.19 bits per heavy atom. The van der Waals surface area contributed by atoms with Gasteiger partial charge in [0.05, 0.1) is 0 Å². The Morgan fingerprint density at radius 3 is 3.00 bits per heavy atom. The first-order chi connectivity index (χ1) is 7.75. The Balaban J connectivity index is 2.17. The number of rotatable bonds is 1. The van der Waals surface area contributed by atoms with Crippen molar-refractivity contribution in [3.05, 3.63) is 34.4 Å². The molecule has 0 atom stereocenters. The van der Waals surface area contributed by atoms with Crippen LogP contribution in [0.3, 0.4) is 0 Å². The second-order valence-corrected chi connectivity index (χ2v) is 4.41. The number of aryl methyl sites for hydroxylation is 1. The van der Waals surface area contributed by atoms with Crippen molar-refractivity contribution in [3.8, 4) is 0 Å². The predicted molar refractivity (Wildman–Crippen MR) is 64.4 cm³/mol. The highest BCUT2D eigenvalue weighted by Crippen LogP contribution is 2.37. The maximum atomic E-state index is 11.1.